The summed E-state index contributed by atoms with van der Waals surface area (Å²) >= 11 is 0. The highest BCUT2D eigenvalue weighted by molar-refractivity contribution is 4.57. The average Bonchev–Trinajstić information content (AvgIpc) is 1.87. The van der Waals surface area contributed by atoms with E-state index < -0.39 is 10.7 Å². The molecule has 0 N–H and O–H groups in total. The van der Waals surface area contributed by atoms with Gasteiger partial charge in [0.15, 0.2) is 0 Å². The molecule has 60 valence electrons. The lowest BCUT2D eigenvalue weighted by atomic mass is 10.3. The minimum absolute atomic E-state index is 0.347. The summed E-state index contributed by atoms with van der Waals surface area (Å²) in [5.41, 5.74) is 0. The molecule has 0 saturated heterocycles. The maximum Gasteiger partial charge on any atom is 0.256 e. The Balaban J connectivity index is 3.92. The van der Waals surface area contributed by atoms with Crippen LogP contribution in [0.25, 0.3) is 0 Å². The molecular weight excluding hydrogens is 138 g/mol. The van der Waals surface area contributed by atoms with Crippen LogP contribution in [0.15, 0.2) is 0 Å². The van der Waals surface area contributed by atoms with Gasteiger partial charge in [-0.15, -0.1) is 0 Å². The van der Waals surface area contributed by atoms with E-state index in [0.717, 1.165) is 0 Å². The summed E-state index contributed by atoms with van der Waals surface area (Å²) in [5.74, 6) is -1.09. The Morgan fingerprint density at radius 3 is 2.00 bits per heavy atom. The number of hydrogen-bond donors (Lipinski definition) is 0. The maximum absolute atomic E-state index is 9.98. The van der Waals surface area contributed by atoms with Crippen LogP contribution >= 0.6 is 0 Å². The third kappa shape index (κ3) is 2.75. The van der Waals surface area contributed by atoms with E-state index in [0.29, 0.717) is 0 Å². The first-order valence-electron chi connectivity index (χ1n) is 2.76. The normalized spacial score (nSPS) is 11.5. The first-order chi connectivity index (χ1) is 4.54. The highest BCUT2D eigenvalue weighted by atomic mass is 16.7. The molecule has 10 heavy (non-hydrogen) atoms. The number of ether oxygens (including phenoxy) is 2. The third-order valence-corrected chi connectivity index (χ3v) is 1.28. The van der Waals surface area contributed by atoms with Crippen LogP contribution in [0.2, 0.25) is 0 Å². The van der Waals surface area contributed by atoms with Crippen LogP contribution in [-0.4, -0.2) is 31.5 Å². The SMILES string of the molecule is COC(C)(C[N+](=O)[O-])OC. The molecule has 5 nitrogen and oxygen atoms in total. The summed E-state index contributed by atoms with van der Waals surface area (Å²) in [6, 6.07) is 0. The topological polar surface area (TPSA) is 61.6 Å². The van der Waals surface area contributed by atoms with Gasteiger partial charge in [0, 0.05) is 19.1 Å². The fourth-order valence-electron chi connectivity index (χ4n) is 0.447. The average molecular weight is 149 g/mol. The number of nitrogens with zero attached hydrogens (tertiary/aromatic N) is 1. The van der Waals surface area contributed by atoms with Crippen molar-refractivity contribution >= 4 is 0 Å². The van der Waals surface area contributed by atoms with Crippen molar-refractivity contribution in [3.05, 3.63) is 10.1 Å². The Morgan fingerprint density at radius 1 is 1.50 bits per heavy atom. The Kier molecular flexibility index (Phi) is 3.24. The fourth-order valence-corrected chi connectivity index (χ4v) is 0.447. The second-order valence-corrected chi connectivity index (χ2v) is 2.03. The van der Waals surface area contributed by atoms with Crippen molar-refractivity contribution < 1.29 is 14.4 Å². The lowest BCUT2D eigenvalue weighted by Crippen LogP contribution is -2.37. The van der Waals surface area contributed by atoms with Crippen LogP contribution < -0.4 is 0 Å². The second kappa shape index (κ2) is 3.48. The minimum Gasteiger partial charge on any atom is -0.348 e. The molecular formula is C5H11NO4. The summed E-state index contributed by atoms with van der Waals surface area (Å²) in [4.78, 5) is 9.50. The van der Waals surface area contributed by atoms with Crippen molar-refractivity contribution in [2.45, 2.75) is 12.7 Å². The van der Waals surface area contributed by atoms with Gasteiger partial charge in [0.25, 0.3) is 6.54 Å². The molecule has 0 amide bonds. The molecule has 0 aliphatic rings. The Morgan fingerprint density at radius 2 is 1.90 bits per heavy atom. The van der Waals surface area contributed by atoms with Gasteiger partial charge in [-0.3, -0.25) is 10.1 Å². The molecule has 0 rings (SSSR count). The van der Waals surface area contributed by atoms with E-state index in [1.54, 1.807) is 0 Å². The molecule has 0 aromatic carbocycles. The maximum atomic E-state index is 9.98. The number of methoxy groups -OCH3 is 2. The monoisotopic (exact) mass is 149 g/mol. The highest BCUT2D eigenvalue weighted by Crippen LogP contribution is 2.08. The molecule has 0 bridgehead atoms. The van der Waals surface area contributed by atoms with Gasteiger partial charge in [-0.1, -0.05) is 0 Å². The van der Waals surface area contributed by atoms with E-state index in [-0.39, 0.29) is 6.54 Å². The van der Waals surface area contributed by atoms with E-state index in [1.165, 1.54) is 21.1 Å². The van der Waals surface area contributed by atoms with Crippen LogP contribution in [0.5, 0.6) is 0 Å². The molecule has 0 unspecified atom stereocenters. The third-order valence-electron chi connectivity index (χ3n) is 1.28. The highest BCUT2D eigenvalue weighted by Gasteiger charge is 2.29. The first-order valence-corrected chi connectivity index (χ1v) is 2.76. The van der Waals surface area contributed by atoms with Gasteiger partial charge >= 0.3 is 0 Å². The summed E-state index contributed by atoms with van der Waals surface area (Å²) in [6.07, 6.45) is 0. The molecule has 0 aromatic heterocycles. The first kappa shape index (κ1) is 9.32. The van der Waals surface area contributed by atoms with Crippen LogP contribution in [0.1, 0.15) is 6.92 Å². The van der Waals surface area contributed by atoms with Crippen molar-refractivity contribution in [2.24, 2.45) is 0 Å². The van der Waals surface area contributed by atoms with Gasteiger partial charge in [-0.25, -0.2) is 0 Å². The Labute approximate surface area is 59.1 Å². The van der Waals surface area contributed by atoms with Crippen LogP contribution in [-0.2, 0) is 9.47 Å². The van der Waals surface area contributed by atoms with Gasteiger partial charge in [0.2, 0.25) is 5.79 Å². The minimum atomic E-state index is -1.09. The zero-order valence-electron chi connectivity index (χ0n) is 6.29. The van der Waals surface area contributed by atoms with E-state index in [9.17, 15) is 10.1 Å². The number of rotatable bonds is 4. The molecule has 0 aliphatic carbocycles. The van der Waals surface area contributed by atoms with Gasteiger partial charge in [-0.2, -0.15) is 0 Å². The molecule has 0 heterocycles. The van der Waals surface area contributed by atoms with Crippen LogP contribution in [0.4, 0.5) is 0 Å². The standard InChI is InChI=1S/C5H11NO4/c1-5(9-2,10-3)4-6(7)8/h4H2,1-3H3. The van der Waals surface area contributed by atoms with E-state index in [4.69, 9.17) is 9.47 Å². The van der Waals surface area contributed by atoms with Crippen molar-refractivity contribution in [3.63, 3.8) is 0 Å². The van der Waals surface area contributed by atoms with E-state index in [2.05, 4.69) is 0 Å². The smallest absolute Gasteiger partial charge is 0.256 e. The van der Waals surface area contributed by atoms with Crippen molar-refractivity contribution in [1.29, 1.82) is 0 Å². The van der Waals surface area contributed by atoms with Crippen LogP contribution in [0.3, 0.4) is 0 Å². The predicted octanol–water partition coefficient (Wildman–Crippen LogP) is 0.272. The molecule has 0 aliphatic heterocycles. The largest absolute Gasteiger partial charge is 0.348 e. The summed E-state index contributed by atoms with van der Waals surface area (Å²) in [7, 11) is 2.74. The van der Waals surface area contributed by atoms with E-state index in [1.807, 2.05) is 0 Å². The van der Waals surface area contributed by atoms with Crippen molar-refractivity contribution in [1.82, 2.24) is 0 Å². The fraction of sp³-hybridized carbons (Fsp3) is 1.00. The molecule has 0 fully saturated rings. The van der Waals surface area contributed by atoms with Crippen molar-refractivity contribution in [2.75, 3.05) is 20.8 Å². The molecule has 0 atom stereocenters. The molecule has 0 radical (unpaired) electrons. The summed E-state index contributed by atoms with van der Waals surface area (Å²) in [5, 5.41) is 9.98. The zero-order chi connectivity index (χ0) is 8.20. The predicted molar refractivity (Wildman–Crippen MR) is 34.3 cm³/mol. The number of nitro groups is 1. The van der Waals surface area contributed by atoms with Gasteiger partial charge in [0.05, 0.1) is 0 Å². The molecule has 5 heteroatoms. The van der Waals surface area contributed by atoms with Gasteiger partial charge in [-0.05, 0) is 6.92 Å². The Hall–Kier alpha value is -0.680. The quantitative estimate of drug-likeness (QED) is 0.327. The molecule has 0 saturated carbocycles. The lowest BCUT2D eigenvalue weighted by Gasteiger charge is -2.20. The van der Waals surface area contributed by atoms with Gasteiger partial charge < -0.3 is 9.47 Å². The van der Waals surface area contributed by atoms with E-state index >= 15 is 0 Å². The Bertz CT molecular complexity index is 121. The molecule has 0 spiro atoms. The summed E-state index contributed by atoms with van der Waals surface area (Å²) in [6.45, 7) is 1.16. The lowest BCUT2D eigenvalue weighted by molar-refractivity contribution is -0.518. The second-order valence-electron chi connectivity index (χ2n) is 2.03. The summed E-state index contributed by atoms with van der Waals surface area (Å²) < 4.78 is 9.47. The zero-order valence-corrected chi connectivity index (χ0v) is 6.29. The van der Waals surface area contributed by atoms with Gasteiger partial charge in [0.1, 0.15) is 0 Å². The van der Waals surface area contributed by atoms with Crippen molar-refractivity contribution in [3.8, 4) is 0 Å². The molecule has 0 aromatic rings. The van der Waals surface area contributed by atoms with Crippen LogP contribution in [0, 0.1) is 10.1 Å². The number of hydrogen-bond acceptors (Lipinski definition) is 4.